The van der Waals surface area contributed by atoms with E-state index < -0.39 is 0 Å². The van der Waals surface area contributed by atoms with Crippen molar-refractivity contribution in [1.29, 1.82) is 0 Å². The molecule has 20 heavy (non-hydrogen) atoms. The molecule has 1 aliphatic carbocycles. The lowest BCUT2D eigenvalue weighted by Gasteiger charge is -2.25. The zero-order chi connectivity index (χ0) is 14.3. The molecule has 0 unspecified atom stereocenters. The molecule has 3 rings (SSSR count). The summed E-state index contributed by atoms with van der Waals surface area (Å²) in [6.07, 6.45) is 3.14. The molecule has 2 aromatic rings. The van der Waals surface area contributed by atoms with Crippen molar-refractivity contribution >= 4 is 17.4 Å². The van der Waals surface area contributed by atoms with Gasteiger partial charge in [-0.3, -0.25) is 9.78 Å². The van der Waals surface area contributed by atoms with Gasteiger partial charge in [-0.1, -0.05) is 17.7 Å². The Morgan fingerprint density at radius 2 is 1.95 bits per heavy atom. The van der Waals surface area contributed by atoms with Crippen molar-refractivity contribution in [3.8, 4) is 0 Å². The third-order valence-corrected chi connectivity index (χ3v) is 4.30. The van der Waals surface area contributed by atoms with Crippen molar-refractivity contribution in [2.75, 3.05) is 0 Å². The number of carbonyl (C=O) groups is 1. The monoisotopic (exact) mass is 285 g/mol. The first-order valence-corrected chi connectivity index (χ1v) is 7.18. The fourth-order valence-electron chi connectivity index (χ4n) is 3.05. The highest BCUT2D eigenvalue weighted by atomic mass is 35.5. The Morgan fingerprint density at radius 3 is 2.75 bits per heavy atom. The number of carbonyl (C=O) groups excluding carboxylic acids is 1. The summed E-state index contributed by atoms with van der Waals surface area (Å²) < 4.78 is 0. The second-order valence-electron chi connectivity index (χ2n) is 5.48. The summed E-state index contributed by atoms with van der Waals surface area (Å²) in [4.78, 5) is 16.8. The number of aryl methyl sites for hydroxylation is 2. The van der Waals surface area contributed by atoms with Gasteiger partial charge >= 0.3 is 0 Å². The number of Topliss-reactive ketones (excluding diaryl/α,β-unsaturated/α-hetero) is 1. The normalized spacial score (nSPS) is 17.9. The smallest absolute Gasteiger partial charge is 0.165 e. The number of ketones is 1. The van der Waals surface area contributed by atoms with Crippen LogP contribution in [0.15, 0.2) is 30.5 Å². The fraction of sp³-hybridized carbons (Fsp3) is 0.294. The van der Waals surface area contributed by atoms with E-state index in [1.807, 2.05) is 31.2 Å². The molecule has 1 aliphatic rings. The molecule has 0 radical (unpaired) electrons. The molecule has 0 aliphatic heterocycles. The summed E-state index contributed by atoms with van der Waals surface area (Å²) in [6.45, 7) is 4.04. The molecule has 0 bridgehead atoms. The number of pyridine rings is 1. The van der Waals surface area contributed by atoms with Crippen LogP contribution in [0, 0.1) is 13.8 Å². The van der Waals surface area contributed by atoms with Gasteiger partial charge in [-0.15, -0.1) is 0 Å². The van der Waals surface area contributed by atoms with Crippen LogP contribution in [0.3, 0.4) is 0 Å². The van der Waals surface area contributed by atoms with E-state index in [1.165, 1.54) is 11.1 Å². The maximum atomic E-state index is 12.4. The van der Waals surface area contributed by atoms with Crippen molar-refractivity contribution in [2.45, 2.75) is 32.6 Å². The zero-order valence-corrected chi connectivity index (χ0v) is 12.4. The molecule has 1 aromatic carbocycles. The molecule has 0 N–H and O–H groups in total. The number of hydrogen-bond acceptors (Lipinski definition) is 2. The molecule has 3 heteroatoms. The van der Waals surface area contributed by atoms with Gasteiger partial charge in [0.15, 0.2) is 5.78 Å². The number of aromatic nitrogens is 1. The van der Waals surface area contributed by atoms with Gasteiger partial charge in [0.05, 0.1) is 5.69 Å². The van der Waals surface area contributed by atoms with Gasteiger partial charge < -0.3 is 0 Å². The Kier molecular flexibility index (Phi) is 3.35. The number of halogens is 1. The first-order chi connectivity index (χ1) is 9.56. The summed E-state index contributed by atoms with van der Waals surface area (Å²) >= 11 is 6.10. The van der Waals surface area contributed by atoms with Crippen molar-refractivity contribution < 1.29 is 4.79 Å². The van der Waals surface area contributed by atoms with Gasteiger partial charge in [0.1, 0.15) is 0 Å². The van der Waals surface area contributed by atoms with Crippen LogP contribution < -0.4 is 0 Å². The number of hydrogen-bond donors (Lipinski definition) is 0. The minimum atomic E-state index is 0.183. The standard InChI is InChI=1S/C17H16ClNO/c1-10-3-4-13(18)9-14(10)12-7-15-17(16(20)8-12)11(2)5-6-19-15/h3-6,9,12H,7-8H2,1-2H3/t12-/m0/s1. The highest BCUT2D eigenvalue weighted by molar-refractivity contribution is 6.30. The van der Waals surface area contributed by atoms with Gasteiger partial charge in [-0.2, -0.15) is 0 Å². The third-order valence-electron chi connectivity index (χ3n) is 4.07. The first kappa shape index (κ1) is 13.3. The molecule has 1 heterocycles. The Labute approximate surface area is 123 Å². The van der Waals surface area contributed by atoms with Crippen LogP contribution in [0.1, 0.15) is 45.1 Å². The quantitative estimate of drug-likeness (QED) is 0.783. The van der Waals surface area contributed by atoms with Gasteiger partial charge in [-0.05, 0) is 61.1 Å². The molecular formula is C17H16ClNO. The second kappa shape index (κ2) is 5.02. The Balaban J connectivity index is 2.04. The number of fused-ring (bicyclic) bond motifs is 1. The maximum Gasteiger partial charge on any atom is 0.165 e. The van der Waals surface area contributed by atoms with Crippen molar-refractivity contribution in [2.24, 2.45) is 0 Å². The molecule has 0 fully saturated rings. The van der Waals surface area contributed by atoms with Crippen LogP contribution in [0.4, 0.5) is 0 Å². The summed E-state index contributed by atoms with van der Waals surface area (Å²) in [6, 6.07) is 7.79. The third kappa shape index (κ3) is 2.25. The zero-order valence-electron chi connectivity index (χ0n) is 11.6. The molecule has 0 amide bonds. The summed E-state index contributed by atoms with van der Waals surface area (Å²) in [7, 11) is 0. The maximum absolute atomic E-state index is 12.4. The van der Waals surface area contributed by atoms with Crippen LogP contribution >= 0.6 is 11.6 Å². The van der Waals surface area contributed by atoms with Crippen molar-refractivity contribution in [3.05, 3.63) is 63.4 Å². The van der Waals surface area contributed by atoms with Crippen LogP contribution in [-0.2, 0) is 6.42 Å². The summed E-state index contributed by atoms with van der Waals surface area (Å²) in [5.74, 6) is 0.379. The predicted molar refractivity (Wildman–Crippen MR) is 80.6 cm³/mol. The number of rotatable bonds is 1. The van der Waals surface area contributed by atoms with E-state index in [4.69, 9.17) is 11.6 Å². The lowest BCUT2D eigenvalue weighted by molar-refractivity contribution is 0.0962. The van der Waals surface area contributed by atoms with Gasteiger partial charge in [0.2, 0.25) is 0 Å². The lowest BCUT2D eigenvalue weighted by atomic mass is 9.79. The number of benzene rings is 1. The lowest BCUT2D eigenvalue weighted by Crippen LogP contribution is -2.21. The fourth-order valence-corrected chi connectivity index (χ4v) is 3.23. The van der Waals surface area contributed by atoms with E-state index >= 15 is 0 Å². The average molecular weight is 286 g/mol. The largest absolute Gasteiger partial charge is 0.294 e. The van der Waals surface area contributed by atoms with Crippen LogP contribution in [0.5, 0.6) is 0 Å². The molecular weight excluding hydrogens is 270 g/mol. The highest BCUT2D eigenvalue weighted by Crippen LogP contribution is 2.35. The SMILES string of the molecule is Cc1ccc(Cl)cc1[C@@H]1CC(=O)c2c(C)ccnc2C1. The Hall–Kier alpha value is -1.67. The van der Waals surface area contributed by atoms with Gasteiger partial charge in [-0.25, -0.2) is 0 Å². The topological polar surface area (TPSA) is 30.0 Å². The first-order valence-electron chi connectivity index (χ1n) is 6.80. The van der Waals surface area contributed by atoms with E-state index in [-0.39, 0.29) is 11.7 Å². The van der Waals surface area contributed by atoms with E-state index in [2.05, 4.69) is 11.9 Å². The van der Waals surface area contributed by atoms with E-state index in [9.17, 15) is 4.79 Å². The Bertz CT molecular complexity index is 693. The molecule has 102 valence electrons. The molecule has 1 aromatic heterocycles. The second-order valence-corrected chi connectivity index (χ2v) is 5.92. The highest BCUT2D eigenvalue weighted by Gasteiger charge is 2.29. The average Bonchev–Trinajstić information content (AvgIpc) is 2.41. The van der Waals surface area contributed by atoms with E-state index in [1.54, 1.807) is 6.20 Å². The van der Waals surface area contributed by atoms with Gasteiger partial charge in [0.25, 0.3) is 0 Å². The Morgan fingerprint density at radius 1 is 1.15 bits per heavy atom. The minimum Gasteiger partial charge on any atom is -0.294 e. The predicted octanol–water partition coefficient (Wildman–Crippen LogP) is 4.26. The van der Waals surface area contributed by atoms with Crippen LogP contribution in [0.2, 0.25) is 5.02 Å². The molecule has 0 spiro atoms. The summed E-state index contributed by atoms with van der Waals surface area (Å²) in [5.41, 5.74) is 5.12. The summed E-state index contributed by atoms with van der Waals surface area (Å²) in [5, 5.41) is 0.723. The van der Waals surface area contributed by atoms with Crippen LogP contribution in [-0.4, -0.2) is 10.8 Å². The van der Waals surface area contributed by atoms with Crippen molar-refractivity contribution in [1.82, 2.24) is 4.98 Å². The molecule has 0 saturated carbocycles. The van der Waals surface area contributed by atoms with Gasteiger partial charge in [0, 0.05) is 23.2 Å². The van der Waals surface area contributed by atoms with E-state index in [0.717, 1.165) is 28.3 Å². The van der Waals surface area contributed by atoms with Crippen molar-refractivity contribution in [3.63, 3.8) is 0 Å². The molecule has 1 atom stereocenters. The molecule has 2 nitrogen and oxygen atoms in total. The minimum absolute atomic E-state index is 0.183. The number of nitrogens with zero attached hydrogens (tertiary/aromatic N) is 1. The van der Waals surface area contributed by atoms with Crippen LogP contribution in [0.25, 0.3) is 0 Å². The van der Waals surface area contributed by atoms with E-state index in [0.29, 0.717) is 6.42 Å². The molecule has 0 saturated heterocycles.